The monoisotopic (exact) mass is 380 g/mol. The first-order valence-corrected chi connectivity index (χ1v) is 8.22. The molecule has 2 aromatic rings. The van der Waals surface area contributed by atoms with Gasteiger partial charge < -0.3 is 9.80 Å². The minimum atomic E-state index is -5.05. The summed E-state index contributed by atoms with van der Waals surface area (Å²) >= 11 is 5.92. The van der Waals surface area contributed by atoms with E-state index in [4.69, 9.17) is 11.6 Å². The average Bonchev–Trinajstić information content (AvgIpc) is 3.11. The number of carbonyl (C=O) groups excluding carboxylic acids is 2. The van der Waals surface area contributed by atoms with Crippen LogP contribution in [0.1, 0.15) is 21.5 Å². The maximum Gasteiger partial charge on any atom is 0.471 e. The minimum Gasteiger partial charge on any atom is -0.306 e. The zero-order chi connectivity index (χ0) is 18.7. The number of hydrogen-bond donors (Lipinski definition) is 0. The summed E-state index contributed by atoms with van der Waals surface area (Å²) < 4.78 is 39.8. The molecule has 2 aromatic carbocycles. The molecule has 2 aliphatic rings. The van der Waals surface area contributed by atoms with Crippen molar-refractivity contribution >= 4 is 23.4 Å². The normalized spacial score (nSPS) is 21.8. The maximum absolute atomic E-state index is 13.3. The number of nitrogens with zero attached hydrogens (tertiary/aromatic N) is 2. The van der Waals surface area contributed by atoms with Crippen LogP contribution in [0.5, 0.6) is 0 Å². The topological polar surface area (TPSA) is 40.6 Å². The molecule has 1 unspecified atom stereocenters. The van der Waals surface area contributed by atoms with E-state index in [0.29, 0.717) is 21.7 Å². The lowest BCUT2D eigenvalue weighted by Crippen LogP contribution is -2.54. The second-order valence-corrected chi connectivity index (χ2v) is 6.57. The smallest absolute Gasteiger partial charge is 0.306 e. The van der Waals surface area contributed by atoms with Crippen LogP contribution in [0.25, 0.3) is 0 Å². The third-order valence-corrected chi connectivity index (χ3v) is 5.09. The van der Waals surface area contributed by atoms with Gasteiger partial charge in [0, 0.05) is 34.8 Å². The van der Waals surface area contributed by atoms with E-state index in [2.05, 4.69) is 0 Å². The summed E-state index contributed by atoms with van der Waals surface area (Å²) in [6.45, 7) is -0.195. The molecule has 0 spiro atoms. The summed E-state index contributed by atoms with van der Waals surface area (Å²) in [7, 11) is 0. The molecule has 2 aliphatic heterocycles. The molecule has 1 fully saturated rings. The van der Waals surface area contributed by atoms with E-state index in [0.717, 1.165) is 4.90 Å². The summed E-state index contributed by atoms with van der Waals surface area (Å²) in [6, 6.07) is 12.6. The minimum absolute atomic E-state index is 0.0119. The lowest BCUT2D eigenvalue weighted by molar-refractivity contribution is -0.190. The molecule has 4 nitrogen and oxygen atoms in total. The van der Waals surface area contributed by atoms with Crippen LogP contribution in [-0.4, -0.2) is 40.9 Å². The highest BCUT2D eigenvalue weighted by atomic mass is 35.5. The second kappa shape index (κ2) is 5.48. The number of benzene rings is 2. The van der Waals surface area contributed by atoms with Gasteiger partial charge in [-0.1, -0.05) is 41.9 Å². The molecule has 0 radical (unpaired) electrons. The summed E-state index contributed by atoms with van der Waals surface area (Å²) in [5.41, 5.74) is -0.579. The predicted octanol–water partition coefficient (Wildman–Crippen LogP) is 3.40. The van der Waals surface area contributed by atoms with Crippen molar-refractivity contribution in [3.05, 3.63) is 70.2 Å². The van der Waals surface area contributed by atoms with E-state index in [1.807, 2.05) is 0 Å². The Morgan fingerprint density at radius 2 is 1.69 bits per heavy atom. The lowest BCUT2D eigenvalue weighted by Gasteiger charge is -2.40. The van der Waals surface area contributed by atoms with Crippen molar-refractivity contribution in [2.45, 2.75) is 11.8 Å². The van der Waals surface area contributed by atoms with Crippen molar-refractivity contribution < 1.29 is 22.8 Å². The highest BCUT2D eigenvalue weighted by Gasteiger charge is 2.62. The van der Waals surface area contributed by atoms with Gasteiger partial charge in [-0.2, -0.15) is 13.2 Å². The molecule has 0 N–H and O–H groups in total. The van der Waals surface area contributed by atoms with Crippen LogP contribution in [0, 0.1) is 0 Å². The molecule has 0 aliphatic carbocycles. The number of hydrogen-bond acceptors (Lipinski definition) is 2. The van der Waals surface area contributed by atoms with Gasteiger partial charge in [-0.3, -0.25) is 9.59 Å². The van der Waals surface area contributed by atoms with Gasteiger partial charge >= 0.3 is 12.1 Å². The number of halogens is 4. The van der Waals surface area contributed by atoms with Gasteiger partial charge in [-0.05, 0) is 18.2 Å². The Balaban J connectivity index is 2.01. The largest absolute Gasteiger partial charge is 0.471 e. The molecule has 8 heteroatoms. The Bertz CT molecular complexity index is 913. The van der Waals surface area contributed by atoms with Gasteiger partial charge in [0.25, 0.3) is 5.91 Å². The number of rotatable bonds is 1. The fourth-order valence-electron chi connectivity index (χ4n) is 3.88. The molecule has 0 aromatic heterocycles. The molecule has 4 rings (SSSR count). The van der Waals surface area contributed by atoms with Crippen molar-refractivity contribution in [3.63, 3.8) is 0 Å². The third kappa shape index (κ3) is 2.10. The number of fused-ring (bicyclic) bond motifs is 3. The summed E-state index contributed by atoms with van der Waals surface area (Å²) in [5.74, 6) is -2.37. The van der Waals surface area contributed by atoms with Crippen molar-refractivity contribution in [2.24, 2.45) is 0 Å². The van der Waals surface area contributed by atoms with E-state index in [-0.39, 0.29) is 13.1 Å². The zero-order valence-corrected chi connectivity index (χ0v) is 14.0. The van der Waals surface area contributed by atoms with Crippen LogP contribution in [0.15, 0.2) is 48.5 Å². The summed E-state index contributed by atoms with van der Waals surface area (Å²) in [6.07, 6.45) is -5.05. The first-order valence-electron chi connectivity index (χ1n) is 7.84. The predicted molar refractivity (Wildman–Crippen MR) is 87.5 cm³/mol. The molecule has 134 valence electrons. The van der Waals surface area contributed by atoms with Crippen molar-refractivity contribution in [3.8, 4) is 0 Å². The number of amides is 2. The maximum atomic E-state index is 13.3. The van der Waals surface area contributed by atoms with Gasteiger partial charge in [0.15, 0.2) is 5.66 Å². The van der Waals surface area contributed by atoms with E-state index >= 15 is 0 Å². The molecular formula is C18H12ClF3N2O2. The number of alkyl halides is 3. The van der Waals surface area contributed by atoms with Crippen LogP contribution >= 0.6 is 11.6 Å². The molecule has 2 heterocycles. The Morgan fingerprint density at radius 1 is 1.04 bits per heavy atom. The summed E-state index contributed by atoms with van der Waals surface area (Å²) in [4.78, 5) is 27.1. The van der Waals surface area contributed by atoms with E-state index < -0.39 is 23.7 Å². The first-order chi connectivity index (χ1) is 12.3. The van der Waals surface area contributed by atoms with E-state index in [1.54, 1.807) is 36.4 Å². The highest BCUT2D eigenvalue weighted by molar-refractivity contribution is 6.30. The fraction of sp³-hybridized carbons (Fsp3) is 0.222. The standard InChI is InChI=1S/C18H12ClF3N2O2/c19-12-7-5-11(6-8-12)17-14-4-2-1-3-13(14)15(25)23(17)9-10-24(17)16(26)18(20,21)22/h1-8H,9-10H2. The SMILES string of the molecule is O=C1c2ccccc2C2(c3ccc(Cl)cc3)N1CCN2C(=O)C(F)(F)F. The third-order valence-electron chi connectivity index (χ3n) is 4.84. The molecule has 26 heavy (non-hydrogen) atoms. The van der Waals surface area contributed by atoms with Crippen molar-refractivity contribution in [1.82, 2.24) is 9.80 Å². The molecule has 1 saturated heterocycles. The van der Waals surface area contributed by atoms with Gasteiger partial charge in [0.1, 0.15) is 0 Å². The fourth-order valence-corrected chi connectivity index (χ4v) is 4.00. The number of carbonyl (C=O) groups is 2. The summed E-state index contributed by atoms with van der Waals surface area (Å²) in [5, 5.41) is 0.404. The average molecular weight is 381 g/mol. The second-order valence-electron chi connectivity index (χ2n) is 6.14. The van der Waals surface area contributed by atoms with Crippen LogP contribution < -0.4 is 0 Å². The highest BCUT2D eigenvalue weighted by Crippen LogP contribution is 2.50. The van der Waals surface area contributed by atoms with Gasteiger partial charge in [-0.15, -0.1) is 0 Å². The van der Waals surface area contributed by atoms with Gasteiger partial charge in [-0.25, -0.2) is 0 Å². The molecule has 0 saturated carbocycles. The van der Waals surface area contributed by atoms with E-state index in [1.165, 1.54) is 17.0 Å². The van der Waals surface area contributed by atoms with Crippen LogP contribution in [0.2, 0.25) is 5.02 Å². The Morgan fingerprint density at radius 3 is 2.35 bits per heavy atom. The van der Waals surface area contributed by atoms with Crippen LogP contribution in [-0.2, 0) is 10.5 Å². The van der Waals surface area contributed by atoms with E-state index in [9.17, 15) is 22.8 Å². The first kappa shape index (κ1) is 16.9. The van der Waals surface area contributed by atoms with Crippen molar-refractivity contribution in [2.75, 3.05) is 13.1 Å². The van der Waals surface area contributed by atoms with Crippen LogP contribution in [0.3, 0.4) is 0 Å². The Hall–Kier alpha value is -2.54. The van der Waals surface area contributed by atoms with Crippen molar-refractivity contribution in [1.29, 1.82) is 0 Å². The zero-order valence-electron chi connectivity index (χ0n) is 13.3. The lowest BCUT2D eigenvalue weighted by atomic mass is 9.90. The quantitative estimate of drug-likeness (QED) is 0.761. The molecular weight excluding hydrogens is 369 g/mol. The molecule has 2 amide bonds. The molecule has 1 atom stereocenters. The van der Waals surface area contributed by atoms with Gasteiger partial charge in [0.05, 0.1) is 0 Å². The Kier molecular flexibility index (Phi) is 3.56. The van der Waals surface area contributed by atoms with Crippen LogP contribution in [0.4, 0.5) is 13.2 Å². The Labute approximate surface area is 151 Å². The molecule has 0 bridgehead atoms. The van der Waals surface area contributed by atoms with Gasteiger partial charge in [0.2, 0.25) is 0 Å².